The van der Waals surface area contributed by atoms with Crippen molar-refractivity contribution in [1.29, 1.82) is 0 Å². The maximum Gasteiger partial charge on any atom is 0.399 e. The molecule has 0 rings (SSSR count). The Morgan fingerprint density at radius 1 is 0.571 bits per heavy atom. The van der Waals surface area contributed by atoms with Crippen LogP contribution < -0.4 is 5.32 Å². The van der Waals surface area contributed by atoms with Crippen molar-refractivity contribution in [3.8, 4) is 0 Å². The van der Waals surface area contributed by atoms with Crippen molar-refractivity contribution < 1.29 is 41.0 Å². The zero-order valence-corrected chi connectivity index (χ0v) is 32.9. The third-order valence-electron chi connectivity index (χ3n) is 8.41. The first-order valence-electron chi connectivity index (χ1n) is 19.9. The summed E-state index contributed by atoms with van der Waals surface area (Å²) in [5.41, 5.74) is 0. The minimum atomic E-state index is -4.25. The van der Waals surface area contributed by atoms with E-state index in [1.54, 1.807) is 7.05 Å². The largest absolute Gasteiger partial charge is 0.422 e. The molecular weight excluding hydrogens is 646 g/mol. The van der Waals surface area contributed by atoms with Gasteiger partial charge in [0.15, 0.2) is 0 Å². The van der Waals surface area contributed by atoms with Gasteiger partial charge in [-0.3, -0.25) is 13.8 Å². The third-order valence-corrected chi connectivity index (χ3v) is 9.24. The lowest BCUT2D eigenvalue weighted by Crippen LogP contribution is -2.30. The highest BCUT2D eigenvalue weighted by atomic mass is 32.3. The molecule has 49 heavy (non-hydrogen) atoms. The summed E-state index contributed by atoms with van der Waals surface area (Å²) in [5.74, 6) is -1.07. The van der Waals surface area contributed by atoms with Gasteiger partial charge in [0.25, 0.3) is 6.29 Å². The predicted molar refractivity (Wildman–Crippen MR) is 199 cm³/mol. The van der Waals surface area contributed by atoms with Crippen LogP contribution in [0.5, 0.6) is 0 Å². The maximum atomic E-state index is 12.4. The molecule has 0 saturated heterocycles. The lowest BCUT2D eigenvalue weighted by atomic mass is 10.0. The van der Waals surface area contributed by atoms with Crippen LogP contribution in [0.4, 0.5) is 0 Å². The van der Waals surface area contributed by atoms with Gasteiger partial charge in [-0.1, -0.05) is 168 Å². The molecule has 0 aromatic carbocycles. The Morgan fingerprint density at radius 3 is 1.12 bits per heavy atom. The third kappa shape index (κ3) is 41.0. The molecule has 0 aliphatic heterocycles. The first-order chi connectivity index (χ1) is 23.8. The first-order valence-corrected chi connectivity index (χ1v) is 21.2. The number of carbonyl (C=O) groups is 2. The number of hydrogen-bond acceptors (Lipinski definition) is 10. The second kappa shape index (κ2) is 39.5. The summed E-state index contributed by atoms with van der Waals surface area (Å²) in [5, 5.41) is 10.8. The molecule has 0 spiro atoms. The average Bonchev–Trinajstić information content (AvgIpc) is 3.08. The van der Waals surface area contributed by atoms with Crippen LogP contribution in [0.15, 0.2) is 0 Å². The number of esters is 2. The monoisotopic (exact) mass is 724 g/mol. The van der Waals surface area contributed by atoms with Crippen LogP contribution >= 0.6 is 0 Å². The molecule has 0 aliphatic carbocycles. The highest BCUT2D eigenvalue weighted by Crippen LogP contribution is 2.15. The summed E-state index contributed by atoms with van der Waals surface area (Å²) < 4.78 is 42.6. The fraction of sp³-hybridized carbons (Fsp3) is 0.947. The van der Waals surface area contributed by atoms with Crippen molar-refractivity contribution in [2.24, 2.45) is 0 Å². The number of carbonyl (C=O) groups excluding carboxylic acids is 2. The summed E-state index contributed by atoms with van der Waals surface area (Å²) in [4.78, 5) is 24.7. The molecule has 0 aromatic heterocycles. The van der Waals surface area contributed by atoms with E-state index in [0.29, 0.717) is 19.4 Å². The fourth-order valence-corrected chi connectivity index (χ4v) is 5.75. The Labute approximate surface area is 301 Å². The van der Waals surface area contributed by atoms with Crippen LogP contribution in [-0.4, -0.2) is 65.7 Å². The van der Waals surface area contributed by atoms with Crippen LogP contribution in [0, 0.1) is 0 Å². The lowest BCUT2D eigenvalue weighted by Gasteiger charge is -2.18. The quantitative estimate of drug-likeness (QED) is 0.0365. The van der Waals surface area contributed by atoms with Gasteiger partial charge in [-0.05, 0) is 19.9 Å². The minimum absolute atomic E-state index is 0.182. The van der Waals surface area contributed by atoms with Gasteiger partial charge in [-0.25, -0.2) is 4.18 Å². The van der Waals surface area contributed by atoms with Crippen LogP contribution in [-0.2, 0) is 37.8 Å². The highest BCUT2D eigenvalue weighted by Gasteiger charge is 2.23. The van der Waals surface area contributed by atoms with Gasteiger partial charge in [-0.2, -0.15) is 8.42 Å². The fourth-order valence-electron chi connectivity index (χ4n) is 5.38. The van der Waals surface area contributed by atoms with E-state index in [0.717, 1.165) is 45.6 Å². The molecule has 0 amide bonds. The van der Waals surface area contributed by atoms with Crippen molar-refractivity contribution in [2.75, 3.05) is 33.9 Å². The van der Waals surface area contributed by atoms with E-state index in [4.69, 9.17) is 14.6 Å². The molecule has 0 bridgehead atoms. The van der Waals surface area contributed by atoms with Crippen molar-refractivity contribution in [3.05, 3.63) is 0 Å². The Balaban J connectivity index is 0. The normalized spacial score (nSPS) is 11.4. The van der Waals surface area contributed by atoms with Crippen molar-refractivity contribution in [1.82, 2.24) is 5.32 Å². The molecule has 0 atom stereocenters. The standard InChI is InChI=1S/C35H68O8S.C3H9NO/c1-4-6-8-10-12-14-16-18-20-22-24-26-28-30-33(36)42-35(32-41-44(38,39)40-3)43-34(37)31-29-27-25-23-21-19-17-15-13-11-9-7-5-2;1-4-2-3-5/h35H,4-32H2,1-3H3;4-5H,2-3H2,1H3. The van der Waals surface area contributed by atoms with Crippen LogP contribution in [0.1, 0.15) is 194 Å². The zero-order chi connectivity index (χ0) is 36.7. The minimum Gasteiger partial charge on any atom is -0.422 e. The van der Waals surface area contributed by atoms with Gasteiger partial charge in [0.1, 0.15) is 6.61 Å². The Kier molecular flexibility index (Phi) is 40.2. The molecular formula is C38H77NO9S. The molecule has 0 fully saturated rings. The number of ether oxygens (including phenoxy) is 2. The van der Waals surface area contributed by atoms with Gasteiger partial charge in [0.2, 0.25) is 0 Å². The van der Waals surface area contributed by atoms with E-state index in [1.807, 2.05) is 0 Å². The van der Waals surface area contributed by atoms with Gasteiger partial charge in [-0.15, -0.1) is 0 Å². The SMILES string of the molecule is CCCCCCCCCCCCCCCC(=O)OC(COS(=O)(=O)OC)OC(=O)CCCCCCCCCCCCCCC.CNCCO. The van der Waals surface area contributed by atoms with Crippen LogP contribution in [0.3, 0.4) is 0 Å². The summed E-state index contributed by atoms with van der Waals surface area (Å²) in [6.45, 7) is 4.78. The summed E-state index contributed by atoms with van der Waals surface area (Å²) in [6.07, 6.45) is 30.3. The summed E-state index contributed by atoms with van der Waals surface area (Å²) >= 11 is 0. The second-order valence-electron chi connectivity index (χ2n) is 13.1. The van der Waals surface area contributed by atoms with Crippen LogP contribution in [0.25, 0.3) is 0 Å². The average molecular weight is 724 g/mol. The van der Waals surface area contributed by atoms with E-state index in [1.165, 1.54) is 116 Å². The molecule has 0 aliphatic rings. The Morgan fingerprint density at radius 2 is 0.878 bits per heavy atom. The molecule has 0 heterocycles. The topological polar surface area (TPSA) is 137 Å². The van der Waals surface area contributed by atoms with Crippen molar-refractivity contribution in [3.63, 3.8) is 0 Å². The Hall–Kier alpha value is -1.27. The van der Waals surface area contributed by atoms with E-state index in [9.17, 15) is 18.0 Å². The molecule has 11 heteroatoms. The number of hydrogen-bond donors (Lipinski definition) is 2. The van der Waals surface area contributed by atoms with Gasteiger partial charge in [0, 0.05) is 19.4 Å². The maximum absolute atomic E-state index is 12.4. The van der Waals surface area contributed by atoms with Crippen molar-refractivity contribution >= 4 is 22.3 Å². The number of likely N-dealkylation sites (N-methyl/N-ethyl adjacent to an activating group) is 1. The molecule has 0 unspecified atom stereocenters. The van der Waals surface area contributed by atoms with E-state index >= 15 is 0 Å². The van der Waals surface area contributed by atoms with E-state index in [2.05, 4.69) is 27.5 Å². The predicted octanol–water partition coefficient (Wildman–Crippen LogP) is 9.47. The number of unbranched alkanes of at least 4 members (excludes halogenated alkanes) is 24. The van der Waals surface area contributed by atoms with E-state index in [-0.39, 0.29) is 19.4 Å². The van der Waals surface area contributed by atoms with Crippen LogP contribution in [0.2, 0.25) is 0 Å². The van der Waals surface area contributed by atoms with E-state index < -0.39 is 35.2 Å². The summed E-state index contributed by atoms with van der Waals surface area (Å²) in [7, 11) is -1.49. The highest BCUT2D eigenvalue weighted by molar-refractivity contribution is 7.81. The van der Waals surface area contributed by atoms with Gasteiger partial charge >= 0.3 is 22.3 Å². The number of aliphatic hydroxyl groups is 1. The van der Waals surface area contributed by atoms with Gasteiger partial charge in [0.05, 0.1) is 13.7 Å². The summed E-state index contributed by atoms with van der Waals surface area (Å²) in [6, 6.07) is 0. The molecule has 0 saturated carbocycles. The molecule has 10 nitrogen and oxygen atoms in total. The molecule has 0 aromatic rings. The number of aliphatic hydroxyl groups excluding tert-OH is 1. The second-order valence-corrected chi connectivity index (χ2v) is 14.5. The lowest BCUT2D eigenvalue weighted by molar-refractivity contribution is -0.193. The first kappa shape index (κ1) is 49.8. The molecule has 2 N–H and O–H groups in total. The molecule has 294 valence electrons. The Bertz CT molecular complexity index is 765. The molecule has 0 radical (unpaired) electrons. The van der Waals surface area contributed by atoms with Crippen molar-refractivity contribution in [2.45, 2.75) is 200 Å². The van der Waals surface area contributed by atoms with Gasteiger partial charge < -0.3 is 19.9 Å². The zero-order valence-electron chi connectivity index (χ0n) is 32.1. The number of nitrogens with one attached hydrogen (secondary N) is 1. The number of rotatable bonds is 36. The smallest absolute Gasteiger partial charge is 0.399 e.